The first-order valence-electron chi connectivity index (χ1n) is 9.21. The number of ether oxygens (including phenoxy) is 1. The van der Waals surface area contributed by atoms with Crippen LogP contribution >= 0.6 is 0 Å². The maximum Gasteiger partial charge on any atom is 0.224 e. The minimum atomic E-state index is 0.102. The zero-order valence-corrected chi connectivity index (χ0v) is 15.4. The van der Waals surface area contributed by atoms with Gasteiger partial charge in [0.2, 0.25) is 5.91 Å². The summed E-state index contributed by atoms with van der Waals surface area (Å²) in [6.07, 6.45) is 7.91. The molecule has 4 nitrogen and oxygen atoms in total. The molecular weight excluding hydrogens is 300 g/mol. The Morgan fingerprint density at radius 3 is 2.29 bits per heavy atom. The van der Waals surface area contributed by atoms with Crippen LogP contribution < -0.4 is 10.1 Å². The third kappa shape index (κ3) is 5.23. The highest BCUT2D eigenvalue weighted by molar-refractivity contribution is 5.78. The fourth-order valence-corrected chi connectivity index (χ4v) is 3.55. The van der Waals surface area contributed by atoms with Crippen molar-refractivity contribution in [3.63, 3.8) is 0 Å². The molecule has 1 aromatic rings. The smallest absolute Gasteiger partial charge is 0.224 e. The van der Waals surface area contributed by atoms with Crippen molar-refractivity contribution in [2.75, 3.05) is 27.2 Å². The first kappa shape index (κ1) is 18.8. The molecule has 0 spiro atoms. The average Bonchev–Trinajstić information content (AvgIpc) is 2.82. The standard InChI is InChI=1S/C20H32N2O2/c1-4-24-18-11-9-17(10-12-18)15-19(23)21-16-20(22(2)3)13-7-5-6-8-14-20/h9-12H,4-8,13-16H2,1-3H3,(H,21,23). The van der Waals surface area contributed by atoms with Crippen molar-refractivity contribution >= 4 is 5.91 Å². The summed E-state index contributed by atoms with van der Waals surface area (Å²) < 4.78 is 5.44. The predicted molar refractivity (Wildman–Crippen MR) is 98.4 cm³/mol. The minimum absolute atomic E-state index is 0.102. The summed E-state index contributed by atoms with van der Waals surface area (Å²) in [7, 11) is 4.29. The molecule has 1 N–H and O–H groups in total. The number of nitrogens with zero attached hydrogens (tertiary/aromatic N) is 1. The molecule has 1 aromatic carbocycles. The summed E-state index contributed by atoms with van der Waals surface area (Å²) in [4.78, 5) is 14.7. The summed E-state index contributed by atoms with van der Waals surface area (Å²) >= 11 is 0. The number of carbonyl (C=O) groups is 1. The van der Waals surface area contributed by atoms with Gasteiger partial charge in [-0.3, -0.25) is 4.79 Å². The Hall–Kier alpha value is -1.55. The van der Waals surface area contributed by atoms with E-state index in [0.717, 1.165) is 17.9 Å². The second-order valence-electron chi connectivity index (χ2n) is 7.06. The lowest BCUT2D eigenvalue weighted by Gasteiger charge is -2.39. The van der Waals surface area contributed by atoms with E-state index in [4.69, 9.17) is 4.74 Å². The Morgan fingerprint density at radius 1 is 1.12 bits per heavy atom. The van der Waals surface area contributed by atoms with Gasteiger partial charge in [-0.1, -0.05) is 37.8 Å². The van der Waals surface area contributed by atoms with Crippen molar-refractivity contribution in [1.82, 2.24) is 10.2 Å². The van der Waals surface area contributed by atoms with E-state index < -0.39 is 0 Å². The van der Waals surface area contributed by atoms with Crippen LogP contribution in [0, 0.1) is 0 Å². The minimum Gasteiger partial charge on any atom is -0.494 e. The van der Waals surface area contributed by atoms with Gasteiger partial charge in [0, 0.05) is 12.1 Å². The van der Waals surface area contributed by atoms with Gasteiger partial charge in [0.25, 0.3) is 0 Å². The normalized spacial score (nSPS) is 17.3. The van der Waals surface area contributed by atoms with E-state index in [1.807, 2.05) is 31.2 Å². The Labute approximate surface area is 146 Å². The molecule has 0 saturated heterocycles. The second-order valence-corrected chi connectivity index (χ2v) is 7.06. The van der Waals surface area contributed by atoms with Gasteiger partial charge in [0.1, 0.15) is 5.75 Å². The lowest BCUT2D eigenvalue weighted by molar-refractivity contribution is -0.121. The fourth-order valence-electron chi connectivity index (χ4n) is 3.55. The highest BCUT2D eigenvalue weighted by Crippen LogP contribution is 2.30. The SMILES string of the molecule is CCOc1ccc(CC(=O)NCC2(N(C)C)CCCCCC2)cc1. The summed E-state index contributed by atoms with van der Waals surface area (Å²) in [5.74, 6) is 0.955. The molecule has 0 aromatic heterocycles. The Bertz CT molecular complexity index is 503. The summed E-state index contributed by atoms with van der Waals surface area (Å²) in [5, 5.41) is 3.18. The molecule has 0 atom stereocenters. The molecule has 0 aliphatic heterocycles. The van der Waals surface area contributed by atoms with Crippen LogP contribution in [0.1, 0.15) is 51.0 Å². The van der Waals surface area contributed by atoms with E-state index >= 15 is 0 Å². The van der Waals surface area contributed by atoms with E-state index in [9.17, 15) is 4.79 Å². The summed E-state index contributed by atoms with van der Waals surface area (Å²) in [6, 6.07) is 7.80. The fraction of sp³-hybridized carbons (Fsp3) is 0.650. The molecular formula is C20H32N2O2. The van der Waals surface area contributed by atoms with Gasteiger partial charge in [0.15, 0.2) is 0 Å². The van der Waals surface area contributed by atoms with Crippen LogP contribution in [0.3, 0.4) is 0 Å². The van der Waals surface area contributed by atoms with Crippen LogP contribution in [0.15, 0.2) is 24.3 Å². The van der Waals surface area contributed by atoms with Crippen LogP contribution in [-0.2, 0) is 11.2 Å². The largest absolute Gasteiger partial charge is 0.494 e. The maximum absolute atomic E-state index is 12.4. The molecule has 0 radical (unpaired) electrons. The Kier molecular flexibility index (Phi) is 7.10. The van der Waals surface area contributed by atoms with Crippen molar-refractivity contribution in [3.8, 4) is 5.75 Å². The quantitative estimate of drug-likeness (QED) is 0.778. The van der Waals surface area contributed by atoms with Crippen LogP contribution in [-0.4, -0.2) is 43.6 Å². The van der Waals surface area contributed by atoms with E-state index in [1.165, 1.54) is 38.5 Å². The molecule has 2 rings (SSSR count). The van der Waals surface area contributed by atoms with E-state index in [-0.39, 0.29) is 11.4 Å². The zero-order valence-electron chi connectivity index (χ0n) is 15.4. The molecule has 1 aliphatic rings. The van der Waals surface area contributed by atoms with Crippen molar-refractivity contribution in [3.05, 3.63) is 29.8 Å². The number of rotatable bonds is 7. The molecule has 0 unspecified atom stereocenters. The number of hydrogen-bond acceptors (Lipinski definition) is 3. The number of likely N-dealkylation sites (N-methyl/N-ethyl adjacent to an activating group) is 1. The monoisotopic (exact) mass is 332 g/mol. The van der Waals surface area contributed by atoms with Gasteiger partial charge in [-0.2, -0.15) is 0 Å². The summed E-state index contributed by atoms with van der Waals surface area (Å²) in [5.41, 5.74) is 1.14. The van der Waals surface area contributed by atoms with E-state index in [2.05, 4.69) is 24.3 Å². The Morgan fingerprint density at radius 2 is 1.75 bits per heavy atom. The van der Waals surface area contributed by atoms with Crippen molar-refractivity contribution in [2.45, 2.75) is 57.4 Å². The van der Waals surface area contributed by atoms with E-state index in [0.29, 0.717) is 13.0 Å². The molecule has 0 bridgehead atoms. The number of hydrogen-bond donors (Lipinski definition) is 1. The van der Waals surface area contributed by atoms with Crippen molar-refractivity contribution in [2.24, 2.45) is 0 Å². The van der Waals surface area contributed by atoms with Gasteiger partial charge in [0.05, 0.1) is 13.0 Å². The zero-order chi connectivity index (χ0) is 17.4. The van der Waals surface area contributed by atoms with Gasteiger partial charge in [-0.15, -0.1) is 0 Å². The van der Waals surface area contributed by atoms with Gasteiger partial charge in [-0.25, -0.2) is 0 Å². The number of nitrogens with one attached hydrogen (secondary N) is 1. The first-order chi connectivity index (χ1) is 11.6. The topological polar surface area (TPSA) is 41.6 Å². The van der Waals surface area contributed by atoms with E-state index in [1.54, 1.807) is 0 Å². The number of amides is 1. The van der Waals surface area contributed by atoms with Crippen molar-refractivity contribution < 1.29 is 9.53 Å². The van der Waals surface area contributed by atoms with Crippen LogP contribution in [0.4, 0.5) is 0 Å². The molecule has 0 heterocycles. The number of carbonyl (C=O) groups excluding carboxylic acids is 1. The molecule has 134 valence electrons. The van der Waals surface area contributed by atoms with Crippen molar-refractivity contribution in [1.29, 1.82) is 0 Å². The van der Waals surface area contributed by atoms with Crippen LogP contribution in [0.25, 0.3) is 0 Å². The highest BCUT2D eigenvalue weighted by Gasteiger charge is 2.33. The third-order valence-corrected chi connectivity index (χ3v) is 5.20. The van der Waals surface area contributed by atoms with Crippen LogP contribution in [0.2, 0.25) is 0 Å². The third-order valence-electron chi connectivity index (χ3n) is 5.20. The molecule has 1 fully saturated rings. The van der Waals surface area contributed by atoms with Gasteiger partial charge in [-0.05, 0) is 51.6 Å². The maximum atomic E-state index is 12.4. The average molecular weight is 332 g/mol. The molecule has 24 heavy (non-hydrogen) atoms. The Balaban J connectivity index is 1.88. The van der Waals surface area contributed by atoms with Gasteiger partial charge >= 0.3 is 0 Å². The predicted octanol–water partition coefficient (Wildman–Crippen LogP) is 3.40. The van der Waals surface area contributed by atoms with Crippen LogP contribution in [0.5, 0.6) is 5.75 Å². The first-order valence-corrected chi connectivity index (χ1v) is 9.21. The lowest BCUT2D eigenvalue weighted by atomic mass is 9.88. The molecule has 4 heteroatoms. The number of benzene rings is 1. The molecule has 1 amide bonds. The summed E-state index contributed by atoms with van der Waals surface area (Å²) in [6.45, 7) is 3.37. The highest BCUT2D eigenvalue weighted by atomic mass is 16.5. The molecule has 1 saturated carbocycles. The molecule has 1 aliphatic carbocycles. The lowest BCUT2D eigenvalue weighted by Crippen LogP contribution is -2.52. The second kappa shape index (κ2) is 9.07. The van der Waals surface area contributed by atoms with Gasteiger partial charge < -0.3 is 15.0 Å².